The lowest BCUT2D eigenvalue weighted by molar-refractivity contribution is -0.151. The summed E-state index contributed by atoms with van der Waals surface area (Å²) in [5.74, 6) is 0.0398. The second kappa shape index (κ2) is 7.78. The number of esters is 1. The monoisotopic (exact) mass is 296 g/mol. The van der Waals surface area contributed by atoms with Crippen molar-refractivity contribution >= 4 is 11.9 Å². The Morgan fingerprint density at radius 1 is 1.14 bits per heavy atom. The van der Waals surface area contributed by atoms with E-state index in [1.54, 1.807) is 0 Å². The van der Waals surface area contributed by atoms with Crippen LogP contribution < -0.4 is 0 Å². The molecular weight excluding hydrogens is 268 g/mol. The highest BCUT2D eigenvalue weighted by atomic mass is 16.5. The molecule has 2 aliphatic rings. The van der Waals surface area contributed by atoms with E-state index in [9.17, 15) is 9.59 Å². The number of piperidine rings is 2. The van der Waals surface area contributed by atoms with Gasteiger partial charge in [0.15, 0.2) is 0 Å². The first-order valence-electron chi connectivity index (χ1n) is 8.30. The molecule has 2 aliphatic heterocycles. The lowest BCUT2D eigenvalue weighted by Crippen LogP contribution is -2.49. The number of carbonyl (C=O) groups excluding carboxylic acids is 2. The van der Waals surface area contributed by atoms with Gasteiger partial charge >= 0.3 is 5.97 Å². The molecule has 21 heavy (non-hydrogen) atoms. The second-order valence-corrected chi connectivity index (χ2v) is 6.26. The topological polar surface area (TPSA) is 49.9 Å². The molecule has 1 amide bonds. The van der Waals surface area contributed by atoms with Crippen LogP contribution in [-0.2, 0) is 14.3 Å². The van der Waals surface area contributed by atoms with Crippen LogP contribution >= 0.6 is 0 Å². The van der Waals surface area contributed by atoms with Crippen LogP contribution in [0.25, 0.3) is 0 Å². The van der Waals surface area contributed by atoms with Gasteiger partial charge in [-0.05, 0) is 52.5 Å². The van der Waals surface area contributed by atoms with Crippen molar-refractivity contribution in [1.82, 2.24) is 9.80 Å². The van der Waals surface area contributed by atoms with Gasteiger partial charge in [-0.1, -0.05) is 0 Å². The highest BCUT2D eigenvalue weighted by Crippen LogP contribution is 2.20. The zero-order chi connectivity index (χ0) is 15.2. The summed E-state index contributed by atoms with van der Waals surface area (Å²) in [6.45, 7) is 7.29. The van der Waals surface area contributed by atoms with Gasteiger partial charge in [0.2, 0.25) is 5.91 Å². The van der Waals surface area contributed by atoms with Crippen LogP contribution in [-0.4, -0.2) is 60.5 Å². The van der Waals surface area contributed by atoms with E-state index < -0.39 is 0 Å². The van der Waals surface area contributed by atoms with E-state index in [1.165, 1.54) is 6.42 Å². The molecule has 0 aromatic carbocycles. The molecule has 2 fully saturated rings. The van der Waals surface area contributed by atoms with Crippen LogP contribution in [0.3, 0.4) is 0 Å². The first kappa shape index (κ1) is 16.3. The molecule has 5 nitrogen and oxygen atoms in total. The fourth-order valence-electron chi connectivity index (χ4n) is 3.40. The molecule has 2 atom stereocenters. The Bertz CT molecular complexity index is 373. The Morgan fingerprint density at radius 2 is 1.95 bits per heavy atom. The summed E-state index contributed by atoms with van der Waals surface area (Å²) in [6.07, 6.45) is 5.29. The summed E-state index contributed by atoms with van der Waals surface area (Å²) in [5, 5.41) is 0. The highest BCUT2D eigenvalue weighted by Gasteiger charge is 2.30. The molecule has 0 aliphatic carbocycles. The molecule has 1 unspecified atom stereocenters. The first-order chi connectivity index (χ1) is 10.1. The van der Waals surface area contributed by atoms with Gasteiger partial charge < -0.3 is 9.64 Å². The Morgan fingerprint density at radius 3 is 2.67 bits per heavy atom. The van der Waals surface area contributed by atoms with Crippen molar-refractivity contribution < 1.29 is 14.3 Å². The Labute approximate surface area is 127 Å². The Balaban J connectivity index is 1.84. The average molecular weight is 296 g/mol. The van der Waals surface area contributed by atoms with E-state index in [4.69, 9.17) is 4.74 Å². The maximum atomic E-state index is 12.4. The van der Waals surface area contributed by atoms with Gasteiger partial charge in [-0.3, -0.25) is 14.5 Å². The van der Waals surface area contributed by atoms with Crippen LogP contribution in [0.15, 0.2) is 0 Å². The SMILES string of the molecule is CCOC(=O)[C@@H]1CCCN(CC(=O)N2CCCCC2C)C1. The molecule has 0 aromatic rings. The number of likely N-dealkylation sites (tertiary alicyclic amines) is 2. The molecule has 0 N–H and O–H groups in total. The number of rotatable bonds is 4. The Kier molecular flexibility index (Phi) is 6.03. The molecule has 2 saturated heterocycles. The van der Waals surface area contributed by atoms with Crippen LogP contribution in [0.2, 0.25) is 0 Å². The smallest absolute Gasteiger partial charge is 0.310 e. The Hall–Kier alpha value is -1.10. The number of carbonyl (C=O) groups is 2. The van der Waals surface area contributed by atoms with Crippen molar-refractivity contribution in [3.05, 3.63) is 0 Å². The van der Waals surface area contributed by atoms with Gasteiger partial charge in [-0.25, -0.2) is 0 Å². The fourth-order valence-corrected chi connectivity index (χ4v) is 3.40. The number of amides is 1. The lowest BCUT2D eigenvalue weighted by atomic mass is 9.98. The minimum absolute atomic E-state index is 0.0646. The van der Waals surface area contributed by atoms with Gasteiger partial charge in [0.25, 0.3) is 0 Å². The fraction of sp³-hybridized carbons (Fsp3) is 0.875. The largest absolute Gasteiger partial charge is 0.466 e. The summed E-state index contributed by atoms with van der Waals surface area (Å²) in [4.78, 5) is 28.4. The standard InChI is InChI=1S/C16H28N2O3/c1-3-21-16(20)14-8-6-9-17(11-14)12-15(19)18-10-5-4-7-13(18)2/h13-14H,3-12H2,1-2H3/t13?,14-/m1/s1. The van der Waals surface area contributed by atoms with Crippen LogP contribution in [0.1, 0.15) is 46.0 Å². The molecule has 0 radical (unpaired) electrons. The third kappa shape index (κ3) is 4.43. The summed E-state index contributed by atoms with van der Waals surface area (Å²) in [5.41, 5.74) is 0. The normalized spacial score (nSPS) is 27.4. The van der Waals surface area contributed by atoms with Crippen molar-refractivity contribution in [2.24, 2.45) is 5.92 Å². The molecule has 2 rings (SSSR count). The molecule has 0 saturated carbocycles. The third-order valence-electron chi connectivity index (χ3n) is 4.61. The number of nitrogens with zero attached hydrogens (tertiary/aromatic N) is 2. The van der Waals surface area contributed by atoms with E-state index in [0.717, 1.165) is 38.8 Å². The second-order valence-electron chi connectivity index (χ2n) is 6.26. The molecular formula is C16H28N2O3. The van der Waals surface area contributed by atoms with Gasteiger partial charge in [0.05, 0.1) is 19.1 Å². The van der Waals surface area contributed by atoms with Crippen LogP contribution in [0.5, 0.6) is 0 Å². The van der Waals surface area contributed by atoms with E-state index in [0.29, 0.717) is 25.7 Å². The van der Waals surface area contributed by atoms with Crippen molar-refractivity contribution in [3.63, 3.8) is 0 Å². The van der Waals surface area contributed by atoms with Gasteiger partial charge in [-0.2, -0.15) is 0 Å². The number of hydrogen-bond acceptors (Lipinski definition) is 4. The zero-order valence-electron chi connectivity index (χ0n) is 13.3. The number of ether oxygens (including phenoxy) is 1. The number of hydrogen-bond donors (Lipinski definition) is 0. The van der Waals surface area contributed by atoms with E-state index >= 15 is 0 Å². The van der Waals surface area contributed by atoms with E-state index in [1.807, 2.05) is 11.8 Å². The molecule has 120 valence electrons. The van der Waals surface area contributed by atoms with Crippen molar-refractivity contribution in [1.29, 1.82) is 0 Å². The third-order valence-corrected chi connectivity index (χ3v) is 4.61. The minimum atomic E-state index is -0.110. The first-order valence-corrected chi connectivity index (χ1v) is 8.30. The van der Waals surface area contributed by atoms with Crippen LogP contribution in [0, 0.1) is 5.92 Å². The summed E-state index contributed by atoms with van der Waals surface area (Å²) >= 11 is 0. The van der Waals surface area contributed by atoms with Gasteiger partial charge in [0, 0.05) is 19.1 Å². The van der Waals surface area contributed by atoms with E-state index in [-0.39, 0.29) is 17.8 Å². The molecule has 2 heterocycles. The molecule has 0 spiro atoms. The van der Waals surface area contributed by atoms with Gasteiger partial charge in [0.1, 0.15) is 0 Å². The predicted octanol–water partition coefficient (Wildman–Crippen LogP) is 1.66. The van der Waals surface area contributed by atoms with Gasteiger partial charge in [-0.15, -0.1) is 0 Å². The molecule has 0 bridgehead atoms. The van der Waals surface area contributed by atoms with Crippen molar-refractivity contribution in [2.75, 3.05) is 32.8 Å². The summed E-state index contributed by atoms with van der Waals surface area (Å²) in [6, 6.07) is 0.358. The summed E-state index contributed by atoms with van der Waals surface area (Å²) < 4.78 is 5.11. The molecule has 5 heteroatoms. The maximum Gasteiger partial charge on any atom is 0.310 e. The van der Waals surface area contributed by atoms with Crippen molar-refractivity contribution in [2.45, 2.75) is 52.0 Å². The summed E-state index contributed by atoms with van der Waals surface area (Å²) in [7, 11) is 0. The van der Waals surface area contributed by atoms with E-state index in [2.05, 4.69) is 11.8 Å². The quantitative estimate of drug-likeness (QED) is 0.740. The predicted molar refractivity (Wildman–Crippen MR) is 80.8 cm³/mol. The van der Waals surface area contributed by atoms with Crippen LogP contribution in [0.4, 0.5) is 0 Å². The lowest BCUT2D eigenvalue weighted by Gasteiger charge is -2.37. The molecule has 0 aromatic heterocycles. The maximum absolute atomic E-state index is 12.4. The average Bonchev–Trinajstić information content (AvgIpc) is 2.48. The highest BCUT2D eigenvalue weighted by molar-refractivity contribution is 5.79. The minimum Gasteiger partial charge on any atom is -0.466 e. The van der Waals surface area contributed by atoms with Crippen molar-refractivity contribution in [3.8, 4) is 0 Å². The zero-order valence-corrected chi connectivity index (χ0v) is 13.3.